The van der Waals surface area contributed by atoms with Gasteiger partial charge in [-0.05, 0) is 42.4 Å². The van der Waals surface area contributed by atoms with Gasteiger partial charge in [-0.2, -0.15) is 0 Å². The van der Waals surface area contributed by atoms with Gasteiger partial charge in [0.05, 0.1) is 27.1 Å². The molecule has 2 heterocycles. The van der Waals surface area contributed by atoms with Crippen LogP contribution in [0.15, 0.2) is 24.3 Å². The minimum Gasteiger partial charge on any atom is -0.497 e. The van der Waals surface area contributed by atoms with E-state index in [1.54, 1.807) is 12.0 Å². The van der Waals surface area contributed by atoms with Crippen molar-refractivity contribution >= 4 is 23.7 Å². The Balaban J connectivity index is 1.51. The molecule has 9 heteroatoms. The first-order chi connectivity index (χ1) is 15.7. The molecule has 33 heavy (non-hydrogen) atoms. The molecule has 0 bridgehead atoms. The number of benzene rings is 1. The number of hydrogen-bond donors (Lipinski definition) is 1. The van der Waals surface area contributed by atoms with Gasteiger partial charge in [-0.1, -0.05) is 12.1 Å². The number of esters is 1. The van der Waals surface area contributed by atoms with Gasteiger partial charge in [0.1, 0.15) is 11.8 Å². The first-order valence-electron chi connectivity index (χ1n) is 11.3. The summed E-state index contributed by atoms with van der Waals surface area (Å²) >= 11 is 0. The lowest BCUT2D eigenvalue weighted by atomic mass is 9.77. The number of rotatable bonds is 7. The number of nitrogens with zero attached hydrogens (tertiary/aromatic N) is 2. The van der Waals surface area contributed by atoms with Crippen LogP contribution in [0.3, 0.4) is 0 Å². The SMILES string of the molecule is COC(=O)[C@H](CC(=O)N1CCC2(CCN(C(=O)Cc3cccc(OC)c3)CC2)C1)NC(C)=O. The third-order valence-electron chi connectivity index (χ3n) is 6.70. The fraction of sp³-hybridized carbons (Fsp3) is 0.583. The molecule has 0 aromatic heterocycles. The number of ether oxygens (including phenoxy) is 2. The molecule has 0 unspecified atom stereocenters. The smallest absolute Gasteiger partial charge is 0.328 e. The summed E-state index contributed by atoms with van der Waals surface area (Å²) in [5, 5.41) is 2.49. The normalized spacial score (nSPS) is 18.0. The largest absolute Gasteiger partial charge is 0.497 e. The molecule has 2 fully saturated rings. The summed E-state index contributed by atoms with van der Waals surface area (Å²) in [6, 6.07) is 6.57. The Morgan fingerprint density at radius 1 is 1.03 bits per heavy atom. The van der Waals surface area contributed by atoms with Crippen molar-refractivity contribution in [2.45, 2.75) is 45.1 Å². The molecule has 0 radical (unpaired) electrons. The van der Waals surface area contributed by atoms with E-state index in [4.69, 9.17) is 9.47 Å². The van der Waals surface area contributed by atoms with E-state index in [1.165, 1.54) is 14.0 Å². The maximum Gasteiger partial charge on any atom is 0.328 e. The molecule has 0 saturated carbocycles. The second-order valence-electron chi connectivity index (χ2n) is 8.95. The zero-order valence-corrected chi connectivity index (χ0v) is 19.6. The summed E-state index contributed by atoms with van der Waals surface area (Å²) in [4.78, 5) is 52.5. The molecule has 2 aliphatic heterocycles. The van der Waals surface area contributed by atoms with Crippen molar-refractivity contribution in [3.8, 4) is 5.75 Å². The molecule has 0 aliphatic carbocycles. The fourth-order valence-corrected chi connectivity index (χ4v) is 4.74. The molecule has 1 atom stereocenters. The highest BCUT2D eigenvalue weighted by Crippen LogP contribution is 2.40. The van der Waals surface area contributed by atoms with E-state index in [-0.39, 0.29) is 29.6 Å². The number of likely N-dealkylation sites (tertiary alicyclic amines) is 2. The second kappa shape index (κ2) is 10.7. The average Bonchev–Trinajstić information content (AvgIpc) is 3.21. The maximum absolute atomic E-state index is 12.8. The second-order valence-corrected chi connectivity index (χ2v) is 8.95. The van der Waals surface area contributed by atoms with Crippen molar-refractivity contribution in [2.24, 2.45) is 5.41 Å². The van der Waals surface area contributed by atoms with Crippen LogP contribution in [-0.2, 0) is 30.3 Å². The van der Waals surface area contributed by atoms with Gasteiger partial charge in [0, 0.05) is 33.1 Å². The highest BCUT2D eigenvalue weighted by molar-refractivity contribution is 5.89. The molecule has 2 saturated heterocycles. The van der Waals surface area contributed by atoms with Crippen molar-refractivity contribution < 1.29 is 28.7 Å². The van der Waals surface area contributed by atoms with Gasteiger partial charge in [-0.3, -0.25) is 14.4 Å². The number of carbonyl (C=O) groups excluding carboxylic acids is 4. The minimum atomic E-state index is -0.979. The number of methoxy groups -OCH3 is 2. The number of carbonyl (C=O) groups is 4. The molecule has 3 rings (SSSR count). The van der Waals surface area contributed by atoms with E-state index in [1.807, 2.05) is 29.2 Å². The van der Waals surface area contributed by atoms with E-state index >= 15 is 0 Å². The van der Waals surface area contributed by atoms with Gasteiger partial charge in [-0.25, -0.2) is 4.79 Å². The molecule has 1 spiro atoms. The summed E-state index contributed by atoms with van der Waals surface area (Å²) in [5.41, 5.74) is 0.925. The van der Waals surface area contributed by atoms with Crippen LogP contribution in [0.2, 0.25) is 0 Å². The zero-order valence-electron chi connectivity index (χ0n) is 19.6. The van der Waals surface area contributed by atoms with Crippen molar-refractivity contribution in [2.75, 3.05) is 40.4 Å². The molecular formula is C24H33N3O6. The third-order valence-corrected chi connectivity index (χ3v) is 6.70. The Morgan fingerprint density at radius 2 is 1.70 bits per heavy atom. The summed E-state index contributed by atoms with van der Waals surface area (Å²) in [7, 11) is 2.84. The van der Waals surface area contributed by atoms with E-state index in [0.29, 0.717) is 32.6 Å². The monoisotopic (exact) mass is 459 g/mol. The molecule has 3 amide bonds. The Kier molecular flexibility index (Phi) is 7.94. The van der Waals surface area contributed by atoms with Crippen LogP contribution < -0.4 is 10.1 Å². The van der Waals surface area contributed by atoms with Crippen molar-refractivity contribution in [3.05, 3.63) is 29.8 Å². The first kappa shape index (κ1) is 24.5. The fourth-order valence-electron chi connectivity index (χ4n) is 4.74. The van der Waals surface area contributed by atoms with Crippen LogP contribution in [0.25, 0.3) is 0 Å². The van der Waals surface area contributed by atoms with Gasteiger partial charge in [0.2, 0.25) is 17.7 Å². The lowest BCUT2D eigenvalue weighted by molar-refractivity contribution is -0.147. The molecule has 1 N–H and O–H groups in total. The van der Waals surface area contributed by atoms with E-state index < -0.39 is 12.0 Å². The van der Waals surface area contributed by atoms with E-state index in [9.17, 15) is 19.2 Å². The van der Waals surface area contributed by atoms with Crippen LogP contribution in [0.1, 0.15) is 38.2 Å². The third kappa shape index (κ3) is 6.24. The molecule has 1 aromatic carbocycles. The molecule has 180 valence electrons. The molecule has 1 aromatic rings. The van der Waals surface area contributed by atoms with Gasteiger partial charge in [-0.15, -0.1) is 0 Å². The molecule has 2 aliphatic rings. The quantitative estimate of drug-likeness (QED) is 0.614. The Hall–Kier alpha value is -3.10. The van der Waals surface area contributed by atoms with Crippen LogP contribution in [-0.4, -0.2) is 79.9 Å². The van der Waals surface area contributed by atoms with Gasteiger partial charge in [0.25, 0.3) is 0 Å². The summed E-state index contributed by atoms with van der Waals surface area (Å²) in [6.07, 6.45) is 2.78. The Labute approximate surface area is 194 Å². The highest BCUT2D eigenvalue weighted by Gasteiger charge is 2.43. The predicted octanol–water partition coefficient (Wildman–Crippen LogP) is 1.15. The van der Waals surface area contributed by atoms with Crippen LogP contribution in [0.4, 0.5) is 0 Å². The highest BCUT2D eigenvalue weighted by atomic mass is 16.5. The van der Waals surface area contributed by atoms with Crippen molar-refractivity contribution in [1.82, 2.24) is 15.1 Å². The van der Waals surface area contributed by atoms with E-state index in [2.05, 4.69) is 5.32 Å². The van der Waals surface area contributed by atoms with Crippen molar-refractivity contribution in [1.29, 1.82) is 0 Å². The minimum absolute atomic E-state index is 0.00280. The van der Waals surface area contributed by atoms with Crippen LogP contribution in [0, 0.1) is 5.41 Å². The lowest BCUT2D eigenvalue weighted by Gasteiger charge is -2.39. The average molecular weight is 460 g/mol. The van der Waals surface area contributed by atoms with Crippen molar-refractivity contribution in [3.63, 3.8) is 0 Å². The predicted molar refractivity (Wildman–Crippen MR) is 120 cm³/mol. The summed E-state index contributed by atoms with van der Waals surface area (Å²) in [5.74, 6) is -0.355. The number of nitrogens with one attached hydrogen (secondary N) is 1. The summed E-state index contributed by atoms with van der Waals surface area (Å²) in [6.45, 7) is 3.86. The van der Waals surface area contributed by atoms with Crippen LogP contribution in [0.5, 0.6) is 5.75 Å². The number of amides is 3. The lowest BCUT2D eigenvalue weighted by Crippen LogP contribution is -2.46. The van der Waals surface area contributed by atoms with E-state index in [0.717, 1.165) is 30.6 Å². The van der Waals surface area contributed by atoms with Gasteiger partial charge >= 0.3 is 5.97 Å². The Bertz CT molecular complexity index is 894. The summed E-state index contributed by atoms with van der Waals surface area (Å²) < 4.78 is 9.94. The molecule has 9 nitrogen and oxygen atoms in total. The topological polar surface area (TPSA) is 105 Å². The first-order valence-corrected chi connectivity index (χ1v) is 11.3. The maximum atomic E-state index is 12.8. The Morgan fingerprint density at radius 3 is 2.30 bits per heavy atom. The standard InChI is InChI=1S/C24H33N3O6/c1-17(28)25-20(23(31)33-3)15-22(30)27-12-9-24(16-27)7-10-26(11-8-24)21(29)14-18-5-4-6-19(13-18)32-2/h4-6,13,20H,7-12,14-16H2,1-3H3,(H,25,28)/t20-/m0/s1. The van der Waals surface area contributed by atoms with Gasteiger partial charge < -0.3 is 24.6 Å². The molecular weight excluding hydrogens is 426 g/mol. The number of hydrogen-bond acceptors (Lipinski definition) is 6. The van der Waals surface area contributed by atoms with Crippen LogP contribution >= 0.6 is 0 Å². The number of piperidine rings is 1. The zero-order chi connectivity index (χ0) is 24.0. The van der Waals surface area contributed by atoms with Gasteiger partial charge in [0.15, 0.2) is 0 Å².